The van der Waals surface area contributed by atoms with Gasteiger partial charge in [-0.25, -0.2) is 0 Å². The van der Waals surface area contributed by atoms with Crippen LogP contribution in [-0.4, -0.2) is 50.9 Å². The van der Waals surface area contributed by atoms with Crippen molar-refractivity contribution in [3.05, 3.63) is 29.8 Å². The number of nitrogens with zero attached hydrogens (tertiary/aromatic N) is 1. The van der Waals surface area contributed by atoms with Crippen LogP contribution in [0.1, 0.15) is 26.3 Å². The summed E-state index contributed by atoms with van der Waals surface area (Å²) in [5.74, 6) is 0.980. The van der Waals surface area contributed by atoms with Crippen molar-refractivity contribution < 1.29 is 9.47 Å². The van der Waals surface area contributed by atoms with Crippen molar-refractivity contribution in [3.8, 4) is 5.75 Å². The summed E-state index contributed by atoms with van der Waals surface area (Å²) in [4.78, 5) is 2.33. The SMILES string of the molecule is CCN(CCOC)CCOc1ccccc1CNC(C)C. The lowest BCUT2D eigenvalue weighted by Crippen LogP contribution is -2.31. The van der Waals surface area contributed by atoms with E-state index >= 15 is 0 Å². The van der Waals surface area contributed by atoms with Gasteiger partial charge >= 0.3 is 0 Å². The molecule has 0 bridgehead atoms. The third kappa shape index (κ3) is 7.46. The van der Waals surface area contributed by atoms with Gasteiger partial charge in [0.1, 0.15) is 12.4 Å². The molecule has 0 saturated carbocycles. The number of rotatable bonds is 11. The monoisotopic (exact) mass is 294 g/mol. The van der Waals surface area contributed by atoms with E-state index < -0.39 is 0 Å². The normalized spacial score (nSPS) is 11.3. The maximum atomic E-state index is 5.96. The highest BCUT2D eigenvalue weighted by Gasteiger charge is 2.06. The molecule has 1 N–H and O–H groups in total. The van der Waals surface area contributed by atoms with Gasteiger partial charge in [0, 0.05) is 38.3 Å². The number of likely N-dealkylation sites (N-methyl/N-ethyl adjacent to an activating group) is 1. The van der Waals surface area contributed by atoms with Crippen LogP contribution in [0.5, 0.6) is 5.75 Å². The average molecular weight is 294 g/mol. The molecule has 0 fully saturated rings. The summed E-state index contributed by atoms with van der Waals surface area (Å²) in [6.07, 6.45) is 0. The van der Waals surface area contributed by atoms with Gasteiger partial charge in [0.05, 0.1) is 6.61 Å². The Morgan fingerprint density at radius 2 is 1.86 bits per heavy atom. The molecule has 0 spiro atoms. The van der Waals surface area contributed by atoms with Crippen LogP contribution in [0.3, 0.4) is 0 Å². The Bertz CT molecular complexity index is 383. The van der Waals surface area contributed by atoms with Crippen LogP contribution in [0.15, 0.2) is 24.3 Å². The summed E-state index contributed by atoms with van der Waals surface area (Å²) in [6.45, 7) is 11.7. The van der Waals surface area contributed by atoms with Gasteiger partial charge in [-0.15, -0.1) is 0 Å². The minimum Gasteiger partial charge on any atom is -0.492 e. The molecule has 21 heavy (non-hydrogen) atoms. The number of ether oxygens (including phenoxy) is 2. The standard InChI is InChI=1S/C17H30N2O2/c1-5-19(10-12-20-4)11-13-21-17-9-7-6-8-16(17)14-18-15(2)3/h6-9,15,18H,5,10-14H2,1-4H3. The van der Waals surface area contributed by atoms with Crippen LogP contribution in [0.2, 0.25) is 0 Å². The van der Waals surface area contributed by atoms with E-state index in [1.165, 1.54) is 5.56 Å². The molecule has 0 saturated heterocycles. The molecular weight excluding hydrogens is 264 g/mol. The van der Waals surface area contributed by atoms with Crippen LogP contribution in [0.4, 0.5) is 0 Å². The van der Waals surface area contributed by atoms with Crippen molar-refractivity contribution in [2.24, 2.45) is 0 Å². The molecular formula is C17H30N2O2. The number of benzene rings is 1. The second-order valence-corrected chi connectivity index (χ2v) is 5.42. The molecule has 1 aromatic carbocycles. The fourth-order valence-corrected chi connectivity index (χ4v) is 2.04. The van der Waals surface area contributed by atoms with Gasteiger partial charge in [0.15, 0.2) is 0 Å². The minimum absolute atomic E-state index is 0.475. The van der Waals surface area contributed by atoms with E-state index in [9.17, 15) is 0 Å². The van der Waals surface area contributed by atoms with Crippen molar-refractivity contribution in [2.45, 2.75) is 33.4 Å². The van der Waals surface area contributed by atoms with Crippen molar-refractivity contribution in [3.63, 3.8) is 0 Å². The highest BCUT2D eigenvalue weighted by Crippen LogP contribution is 2.17. The predicted octanol–water partition coefficient (Wildman–Crippen LogP) is 2.53. The lowest BCUT2D eigenvalue weighted by atomic mass is 10.2. The zero-order valence-electron chi connectivity index (χ0n) is 13.9. The first-order valence-electron chi connectivity index (χ1n) is 7.82. The van der Waals surface area contributed by atoms with Gasteiger partial charge in [-0.2, -0.15) is 0 Å². The topological polar surface area (TPSA) is 33.7 Å². The molecule has 0 amide bonds. The molecule has 1 aromatic rings. The van der Waals surface area contributed by atoms with Gasteiger partial charge in [-0.3, -0.25) is 4.90 Å². The third-order valence-corrected chi connectivity index (χ3v) is 3.40. The van der Waals surface area contributed by atoms with Gasteiger partial charge in [-0.1, -0.05) is 39.0 Å². The van der Waals surface area contributed by atoms with Crippen LogP contribution in [0.25, 0.3) is 0 Å². The maximum Gasteiger partial charge on any atom is 0.123 e. The summed E-state index contributed by atoms with van der Waals surface area (Å²) >= 11 is 0. The molecule has 4 heteroatoms. The molecule has 0 aliphatic rings. The number of methoxy groups -OCH3 is 1. The van der Waals surface area contributed by atoms with Gasteiger partial charge in [-0.05, 0) is 12.6 Å². The van der Waals surface area contributed by atoms with Crippen LogP contribution in [-0.2, 0) is 11.3 Å². The zero-order valence-corrected chi connectivity index (χ0v) is 13.9. The number of hydrogen-bond donors (Lipinski definition) is 1. The van der Waals surface area contributed by atoms with Crippen LogP contribution < -0.4 is 10.1 Å². The molecule has 0 unspecified atom stereocenters. The highest BCUT2D eigenvalue weighted by molar-refractivity contribution is 5.33. The van der Waals surface area contributed by atoms with Crippen molar-refractivity contribution in [1.82, 2.24) is 10.2 Å². The first-order valence-corrected chi connectivity index (χ1v) is 7.82. The Kier molecular flexibility index (Phi) is 9.06. The summed E-state index contributed by atoms with van der Waals surface area (Å²) < 4.78 is 11.1. The Balaban J connectivity index is 2.43. The lowest BCUT2D eigenvalue weighted by molar-refractivity contribution is 0.138. The molecule has 0 radical (unpaired) electrons. The first-order chi connectivity index (χ1) is 10.2. The van der Waals surface area contributed by atoms with E-state index in [0.717, 1.165) is 38.5 Å². The van der Waals surface area contributed by atoms with E-state index in [1.54, 1.807) is 7.11 Å². The third-order valence-electron chi connectivity index (χ3n) is 3.40. The average Bonchev–Trinajstić information content (AvgIpc) is 2.49. The second-order valence-electron chi connectivity index (χ2n) is 5.42. The van der Waals surface area contributed by atoms with Crippen molar-refractivity contribution in [1.29, 1.82) is 0 Å². The molecule has 0 aromatic heterocycles. The number of para-hydroxylation sites is 1. The fourth-order valence-electron chi connectivity index (χ4n) is 2.04. The van der Waals surface area contributed by atoms with Crippen LogP contribution in [0, 0.1) is 0 Å². The summed E-state index contributed by atoms with van der Waals surface area (Å²) in [5, 5.41) is 3.43. The van der Waals surface area contributed by atoms with E-state index in [4.69, 9.17) is 9.47 Å². The van der Waals surface area contributed by atoms with E-state index in [-0.39, 0.29) is 0 Å². The molecule has 1 rings (SSSR count). The first kappa shape index (κ1) is 18.0. The molecule has 4 nitrogen and oxygen atoms in total. The van der Waals surface area contributed by atoms with Gasteiger partial charge < -0.3 is 14.8 Å². The molecule has 0 aliphatic heterocycles. The number of hydrogen-bond acceptors (Lipinski definition) is 4. The van der Waals surface area contributed by atoms with Gasteiger partial charge in [0.25, 0.3) is 0 Å². The minimum atomic E-state index is 0.475. The van der Waals surface area contributed by atoms with E-state index in [0.29, 0.717) is 12.6 Å². The van der Waals surface area contributed by atoms with Crippen molar-refractivity contribution >= 4 is 0 Å². The summed E-state index contributed by atoms with van der Waals surface area (Å²) in [7, 11) is 1.74. The van der Waals surface area contributed by atoms with E-state index in [1.807, 2.05) is 12.1 Å². The highest BCUT2D eigenvalue weighted by atomic mass is 16.5. The van der Waals surface area contributed by atoms with Gasteiger partial charge in [0.2, 0.25) is 0 Å². The van der Waals surface area contributed by atoms with Crippen molar-refractivity contribution in [2.75, 3.05) is 40.0 Å². The van der Waals surface area contributed by atoms with Crippen LogP contribution >= 0.6 is 0 Å². The Hall–Kier alpha value is -1.10. The molecule has 0 heterocycles. The quantitative estimate of drug-likeness (QED) is 0.680. The molecule has 0 atom stereocenters. The Labute approximate surface area is 129 Å². The fraction of sp³-hybridized carbons (Fsp3) is 0.647. The summed E-state index contributed by atoms with van der Waals surface area (Å²) in [6, 6.07) is 8.72. The zero-order chi connectivity index (χ0) is 15.5. The Morgan fingerprint density at radius 3 is 2.52 bits per heavy atom. The molecule has 120 valence electrons. The predicted molar refractivity (Wildman–Crippen MR) is 87.9 cm³/mol. The smallest absolute Gasteiger partial charge is 0.123 e. The second kappa shape index (κ2) is 10.6. The Morgan fingerprint density at radius 1 is 1.14 bits per heavy atom. The maximum absolute atomic E-state index is 5.96. The van der Waals surface area contributed by atoms with E-state index in [2.05, 4.69) is 43.1 Å². The summed E-state index contributed by atoms with van der Waals surface area (Å²) in [5.41, 5.74) is 1.21. The largest absolute Gasteiger partial charge is 0.492 e. The number of nitrogens with one attached hydrogen (secondary N) is 1. The lowest BCUT2D eigenvalue weighted by Gasteiger charge is -2.20. The molecule has 0 aliphatic carbocycles.